The topological polar surface area (TPSA) is 4.93 Å². The van der Waals surface area contributed by atoms with Crippen LogP contribution in [0.15, 0.2) is 83.5 Å². The van der Waals surface area contributed by atoms with Crippen LogP contribution in [0.1, 0.15) is 22.3 Å². The van der Waals surface area contributed by atoms with Crippen molar-refractivity contribution in [3.8, 4) is 0 Å². The normalized spacial score (nSPS) is 11.9. The van der Waals surface area contributed by atoms with Crippen molar-refractivity contribution in [1.29, 1.82) is 0 Å². The molecule has 2 heteroatoms. The van der Waals surface area contributed by atoms with Gasteiger partial charge in [0.25, 0.3) is 0 Å². The minimum absolute atomic E-state index is 1.10. The van der Waals surface area contributed by atoms with Crippen LogP contribution >= 0.6 is 15.9 Å². The average Bonchev–Trinajstić information content (AvgIpc) is 3.02. The molecule has 0 N–H and O–H groups in total. The fourth-order valence-electron chi connectivity index (χ4n) is 3.34. The van der Waals surface area contributed by atoms with E-state index in [1.165, 1.54) is 38.9 Å². The number of aryl methyl sites for hydroxylation is 2. The molecule has 26 heavy (non-hydrogen) atoms. The number of nitrogens with zero attached hydrogens (tertiary/aromatic N) is 1. The first-order chi connectivity index (χ1) is 12.6. The van der Waals surface area contributed by atoms with Crippen LogP contribution in [-0.2, 0) is 0 Å². The van der Waals surface area contributed by atoms with Gasteiger partial charge in [0, 0.05) is 16.1 Å². The van der Waals surface area contributed by atoms with Gasteiger partial charge in [-0.2, -0.15) is 0 Å². The van der Waals surface area contributed by atoms with Crippen molar-refractivity contribution in [2.24, 2.45) is 0 Å². The van der Waals surface area contributed by atoms with Crippen molar-refractivity contribution >= 4 is 38.6 Å². The minimum Gasteiger partial charge on any atom is -0.316 e. The molecule has 0 aliphatic rings. The van der Waals surface area contributed by atoms with Crippen molar-refractivity contribution in [1.82, 2.24) is 4.57 Å². The number of hydrogen-bond acceptors (Lipinski definition) is 0. The molecule has 128 valence electrons. The summed E-state index contributed by atoms with van der Waals surface area (Å²) in [5.41, 5.74) is 7.33. The Bertz CT molecular complexity index is 1120. The summed E-state index contributed by atoms with van der Waals surface area (Å²) in [5.74, 6) is 0. The predicted molar refractivity (Wildman–Crippen MR) is 115 cm³/mol. The smallest absolute Gasteiger partial charge is 0.0534 e. The lowest BCUT2D eigenvalue weighted by Crippen LogP contribution is -1.98. The third-order valence-corrected chi connectivity index (χ3v) is 5.06. The molecule has 1 aromatic heterocycles. The highest BCUT2D eigenvalue weighted by molar-refractivity contribution is 9.10. The maximum absolute atomic E-state index is 3.57. The molecule has 0 aliphatic heterocycles. The van der Waals surface area contributed by atoms with Gasteiger partial charge in [0.15, 0.2) is 0 Å². The Morgan fingerprint density at radius 1 is 0.846 bits per heavy atom. The molecule has 0 atom stereocenters. The number of hydrogen-bond donors (Lipinski definition) is 0. The lowest BCUT2D eigenvalue weighted by molar-refractivity contribution is 1.17. The average molecular weight is 402 g/mol. The second-order valence-corrected chi connectivity index (χ2v) is 7.62. The Morgan fingerprint density at radius 3 is 2.38 bits per heavy atom. The van der Waals surface area contributed by atoms with Gasteiger partial charge in [-0.05, 0) is 61.4 Å². The van der Waals surface area contributed by atoms with E-state index in [0.717, 1.165) is 4.47 Å². The van der Waals surface area contributed by atoms with Gasteiger partial charge < -0.3 is 4.57 Å². The second kappa shape index (κ2) is 6.97. The van der Waals surface area contributed by atoms with Crippen LogP contribution in [0.3, 0.4) is 0 Å². The Kier molecular flexibility index (Phi) is 4.52. The van der Waals surface area contributed by atoms with Crippen molar-refractivity contribution in [3.05, 3.63) is 106 Å². The molecule has 0 amide bonds. The zero-order valence-corrected chi connectivity index (χ0v) is 16.5. The molecule has 4 rings (SSSR count). The quantitative estimate of drug-likeness (QED) is 0.323. The van der Waals surface area contributed by atoms with E-state index in [1.807, 2.05) is 0 Å². The first kappa shape index (κ1) is 16.9. The zero-order valence-electron chi connectivity index (χ0n) is 14.9. The van der Waals surface area contributed by atoms with E-state index in [1.54, 1.807) is 0 Å². The van der Waals surface area contributed by atoms with Crippen molar-refractivity contribution < 1.29 is 0 Å². The van der Waals surface area contributed by atoms with Crippen LogP contribution < -0.4 is 0 Å². The Hall–Kier alpha value is -2.58. The lowest BCUT2D eigenvalue weighted by atomic mass is 10.0. The Morgan fingerprint density at radius 2 is 1.62 bits per heavy atom. The molecule has 1 heterocycles. The fraction of sp³-hybridized carbons (Fsp3) is 0.0833. The standard InChI is InChI=1S/C24H20BrN/c1-17-5-3-7-19(13-17)15-24(20-8-4-6-18(2)14-20)26-12-11-21-16-22(25)9-10-23(21)26/h3-16H,1-2H3/b24-15-. The summed E-state index contributed by atoms with van der Waals surface area (Å²) >= 11 is 3.57. The number of aromatic nitrogens is 1. The molecule has 3 aromatic carbocycles. The van der Waals surface area contributed by atoms with Gasteiger partial charge in [0.2, 0.25) is 0 Å². The third-order valence-electron chi connectivity index (χ3n) is 4.57. The van der Waals surface area contributed by atoms with Crippen LogP contribution in [0.2, 0.25) is 0 Å². The summed E-state index contributed by atoms with van der Waals surface area (Å²) in [4.78, 5) is 0. The molecule has 0 saturated heterocycles. The van der Waals surface area contributed by atoms with E-state index < -0.39 is 0 Å². The first-order valence-electron chi connectivity index (χ1n) is 8.72. The molecule has 0 radical (unpaired) electrons. The first-order valence-corrected chi connectivity index (χ1v) is 9.52. The van der Waals surface area contributed by atoms with E-state index in [9.17, 15) is 0 Å². The molecular weight excluding hydrogens is 382 g/mol. The Balaban J connectivity index is 1.95. The van der Waals surface area contributed by atoms with Crippen molar-refractivity contribution in [3.63, 3.8) is 0 Å². The van der Waals surface area contributed by atoms with Gasteiger partial charge in [-0.25, -0.2) is 0 Å². The monoisotopic (exact) mass is 401 g/mol. The summed E-state index contributed by atoms with van der Waals surface area (Å²) in [5, 5.41) is 1.22. The summed E-state index contributed by atoms with van der Waals surface area (Å²) in [6.07, 6.45) is 4.42. The molecule has 0 bridgehead atoms. The van der Waals surface area contributed by atoms with E-state index in [4.69, 9.17) is 0 Å². The third kappa shape index (κ3) is 3.38. The van der Waals surface area contributed by atoms with Gasteiger partial charge in [-0.3, -0.25) is 0 Å². The number of halogens is 1. The van der Waals surface area contributed by atoms with Gasteiger partial charge >= 0.3 is 0 Å². The molecular formula is C24H20BrN. The van der Waals surface area contributed by atoms with E-state index in [-0.39, 0.29) is 0 Å². The molecule has 0 spiro atoms. The maximum atomic E-state index is 3.57. The summed E-state index contributed by atoms with van der Waals surface area (Å²) in [7, 11) is 0. The van der Waals surface area contributed by atoms with Gasteiger partial charge in [-0.1, -0.05) is 69.5 Å². The summed E-state index contributed by atoms with van der Waals surface area (Å²) in [6.45, 7) is 4.27. The highest BCUT2D eigenvalue weighted by atomic mass is 79.9. The Labute approximate surface area is 162 Å². The number of rotatable bonds is 3. The second-order valence-electron chi connectivity index (χ2n) is 6.70. The van der Waals surface area contributed by atoms with Gasteiger partial charge in [0.05, 0.1) is 11.2 Å². The van der Waals surface area contributed by atoms with Crippen molar-refractivity contribution in [2.45, 2.75) is 13.8 Å². The van der Waals surface area contributed by atoms with Crippen LogP contribution in [-0.4, -0.2) is 4.57 Å². The zero-order chi connectivity index (χ0) is 18.1. The SMILES string of the molecule is Cc1cccc(/C=C(/c2cccc(C)c2)n2ccc3cc(Br)ccc32)c1. The van der Waals surface area contributed by atoms with Crippen LogP contribution in [0.4, 0.5) is 0 Å². The van der Waals surface area contributed by atoms with Crippen LogP contribution in [0.5, 0.6) is 0 Å². The molecule has 0 aliphatic carbocycles. The largest absolute Gasteiger partial charge is 0.316 e. The maximum Gasteiger partial charge on any atom is 0.0534 e. The minimum atomic E-state index is 1.10. The summed E-state index contributed by atoms with van der Waals surface area (Å²) in [6, 6.07) is 25.9. The fourth-order valence-corrected chi connectivity index (χ4v) is 3.72. The molecule has 0 unspecified atom stereocenters. The van der Waals surface area contributed by atoms with Gasteiger partial charge in [-0.15, -0.1) is 0 Å². The number of fused-ring (bicyclic) bond motifs is 1. The molecule has 1 nitrogen and oxygen atoms in total. The van der Waals surface area contributed by atoms with Crippen LogP contribution in [0.25, 0.3) is 22.7 Å². The van der Waals surface area contributed by atoms with Gasteiger partial charge in [0.1, 0.15) is 0 Å². The number of benzene rings is 3. The summed E-state index contributed by atoms with van der Waals surface area (Å²) < 4.78 is 3.38. The predicted octanol–water partition coefficient (Wildman–Crippen LogP) is 7.07. The molecule has 0 fully saturated rings. The molecule has 4 aromatic rings. The molecule has 0 saturated carbocycles. The van der Waals surface area contributed by atoms with E-state index in [0.29, 0.717) is 0 Å². The van der Waals surface area contributed by atoms with E-state index in [2.05, 4.69) is 119 Å². The highest BCUT2D eigenvalue weighted by Crippen LogP contribution is 2.28. The van der Waals surface area contributed by atoms with Crippen LogP contribution in [0, 0.1) is 13.8 Å². The van der Waals surface area contributed by atoms with Crippen molar-refractivity contribution in [2.75, 3.05) is 0 Å². The lowest BCUT2D eigenvalue weighted by Gasteiger charge is -2.13. The van der Waals surface area contributed by atoms with E-state index >= 15 is 0 Å². The highest BCUT2D eigenvalue weighted by Gasteiger charge is 2.09.